The molecule has 2 nitrogen and oxygen atoms in total. The zero-order valence-electron chi connectivity index (χ0n) is 9.90. The van der Waals surface area contributed by atoms with Crippen LogP contribution in [0, 0.1) is 18.8 Å². The molecule has 0 aliphatic heterocycles. The van der Waals surface area contributed by atoms with Gasteiger partial charge in [0.05, 0.1) is 10.7 Å². The van der Waals surface area contributed by atoms with Crippen LogP contribution in [-0.4, -0.2) is 21.3 Å². The van der Waals surface area contributed by atoms with Gasteiger partial charge in [0.15, 0.2) is 0 Å². The van der Waals surface area contributed by atoms with Crippen LogP contribution < -0.4 is 0 Å². The van der Waals surface area contributed by atoms with Gasteiger partial charge >= 0.3 is 0 Å². The maximum Gasteiger partial charge on any atom is 0.0939 e. The van der Waals surface area contributed by atoms with Crippen molar-refractivity contribution in [3.05, 3.63) is 11.8 Å². The van der Waals surface area contributed by atoms with Crippen molar-refractivity contribution in [3.8, 4) is 0 Å². The van der Waals surface area contributed by atoms with E-state index in [4.69, 9.17) is 0 Å². The Morgan fingerprint density at radius 3 is 2.60 bits per heavy atom. The molecule has 0 bridgehead atoms. The fourth-order valence-corrected chi connectivity index (χ4v) is 3.46. The van der Waals surface area contributed by atoms with Gasteiger partial charge in [-0.2, -0.15) is 17.7 Å². The average Bonchev–Trinajstić information content (AvgIpc) is 2.45. The van der Waals surface area contributed by atoms with Crippen LogP contribution in [0.1, 0.15) is 19.5 Å². The summed E-state index contributed by atoms with van der Waals surface area (Å²) in [6.07, 6.45) is 0. The maximum absolute atomic E-state index is 4.40. The third-order valence-corrected chi connectivity index (χ3v) is 4.32. The van der Waals surface area contributed by atoms with Crippen LogP contribution in [0.15, 0.2) is 11.1 Å². The van der Waals surface area contributed by atoms with E-state index in [1.165, 1.54) is 5.03 Å². The Kier molecular flexibility index (Phi) is 5.06. The minimum Gasteiger partial charge on any atom is -0.262 e. The van der Waals surface area contributed by atoms with E-state index in [1.54, 1.807) is 0 Å². The van der Waals surface area contributed by atoms with Gasteiger partial charge in [0.25, 0.3) is 0 Å². The summed E-state index contributed by atoms with van der Waals surface area (Å²) in [7, 11) is 2.00. The monoisotopic (exact) mass is 244 g/mol. The number of hydrogen-bond acceptors (Lipinski definition) is 3. The Labute approximate surface area is 102 Å². The number of nitrogens with zero attached hydrogens (tertiary/aromatic N) is 2. The third-order valence-electron chi connectivity index (χ3n) is 2.58. The SMILES string of the molecule is Cc1cc(SCC(CS)C(C)C)n(C)n1. The summed E-state index contributed by atoms with van der Waals surface area (Å²) < 4.78 is 1.95. The highest BCUT2D eigenvalue weighted by Crippen LogP contribution is 2.25. The van der Waals surface area contributed by atoms with Crippen molar-refractivity contribution in [2.45, 2.75) is 25.8 Å². The summed E-state index contributed by atoms with van der Waals surface area (Å²) in [4.78, 5) is 0. The average molecular weight is 244 g/mol. The smallest absolute Gasteiger partial charge is 0.0939 e. The Balaban J connectivity index is 2.52. The molecule has 15 heavy (non-hydrogen) atoms. The minimum absolute atomic E-state index is 0.675. The van der Waals surface area contributed by atoms with Gasteiger partial charge in [-0.25, -0.2) is 0 Å². The van der Waals surface area contributed by atoms with E-state index >= 15 is 0 Å². The molecule has 0 aliphatic rings. The summed E-state index contributed by atoms with van der Waals surface area (Å²) in [5, 5.41) is 5.59. The fourth-order valence-electron chi connectivity index (χ4n) is 1.37. The zero-order chi connectivity index (χ0) is 11.4. The van der Waals surface area contributed by atoms with Gasteiger partial charge in [-0.3, -0.25) is 4.68 Å². The van der Waals surface area contributed by atoms with Crippen LogP contribution in [0.3, 0.4) is 0 Å². The number of aryl methyl sites for hydroxylation is 2. The van der Waals surface area contributed by atoms with Crippen LogP contribution in [0.4, 0.5) is 0 Å². The van der Waals surface area contributed by atoms with Crippen molar-refractivity contribution in [1.82, 2.24) is 9.78 Å². The number of thioether (sulfide) groups is 1. The quantitative estimate of drug-likeness (QED) is 0.634. The highest BCUT2D eigenvalue weighted by Gasteiger charge is 2.13. The van der Waals surface area contributed by atoms with Gasteiger partial charge in [-0.05, 0) is 30.6 Å². The third kappa shape index (κ3) is 3.76. The molecule has 0 spiro atoms. The number of aromatic nitrogens is 2. The Morgan fingerprint density at radius 1 is 1.53 bits per heavy atom. The van der Waals surface area contributed by atoms with E-state index in [2.05, 4.69) is 37.6 Å². The minimum atomic E-state index is 0.675. The van der Waals surface area contributed by atoms with Crippen LogP contribution in [0.25, 0.3) is 0 Å². The predicted molar refractivity (Wildman–Crippen MR) is 70.9 cm³/mol. The lowest BCUT2D eigenvalue weighted by molar-refractivity contribution is 0.472. The van der Waals surface area contributed by atoms with E-state index in [0.29, 0.717) is 11.8 Å². The molecule has 0 aliphatic carbocycles. The molecule has 1 aromatic rings. The van der Waals surface area contributed by atoms with Crippen LogP contribution in [-0.2, 0) is 7.05 Å². The summed E-state index contributed by atoms with van der Waals surface area (Å²) in [5.74, 6) is 3.46. The molecule has 1 rings (SSSR count). The van der Waals surface area contributed by atoms with E-state index in [9.17, 15) is 0 Å². The predicted octanol–water partition coefficient (Wildman–Crippen LogP) is 3.02. The molecular weight excluding hydrogens is 224 g/mol. The van der Waals surface area contributed by atoms with Crippen molar-refractivity contribution < 1.29 is 0 Å². The molecule has 0 saturated heterocycles. The van der Waals surface area contributed by atoms with Gasteiger partial charge in [-0.15, -0.1) is 11.8 Å². The van der Waals surface area contributed by atoms with Gasteiger partial charge < -0.3 is 0 Å². The Morgan fingerprint density at radius 2 is 2.20 bits per heavy atom. The first-order valence-corrected chi connectivity index (χ1v) is 6.90. The van der Waals surface area contributed by atoms with E-state index < -0.39 is 0 Å². The zero-order valence-corrected chi connectivity index (χ0v) is 11.6. The largest absolute Gasteiger partial charge is 0.262 e. The van der Waals surface area contributed by atoms with Gasteiger partial charge in [-0.1, -0.05) is 13.8 Å². The first-order chi connectivity index (χ1) is 7.04. The molecule has 0 fully saturated rings. The summed E-state index contributed by atoms with van der Waals surface area (Å²) in [6, 6.07) is 2.14. The molecule has 0 radical (unpaired) electrons. The standard InChI is InChI=1S/C11H20N2S2/c1-8(2)10(6-14)7-15-11-5-9(3)12-13(11)4/h5,8,10,14H,6-7H2,1-4H3. The van der Waals surface area contributed by atoms with E-state index in [1.807, 2.05) is 30.4 Å². The molecule has 86 valence electrons. The lowest BCUT2D eigenvalue weighted by Crippen LogP contribution is -2.13. The first kappa shape index (κ1) is 13.0. The summed E-state index contributed by atoms with van der Waals surface area (Å²) >= 11 is 6.28. The molecule has 4 heteroatoms. The highest BCUT2D eigenvalue weighted by atomic mass is 32.2. The van der Waals surface area contributed by atoms with Gasteiger partial charge in [0.2, 0.25) is 0 Å². The van der Waals surface area contributed by atoms with Gasteiger partial charge in [0.1, 0.15) is 0 Å². The molecule has 1 aromatic heterocycles. The summed E-state index contributed by atoms with van der Waals surface area (Å²) in [6.45, 7) is 6.55. The lowest BCUT2D eigenvalue weighted by atomic mass is 10.0. The van der Waals surface area contributed by atoms with Crippen molar-refractivity contribution in [2.75, 3.05) is 11.5 Å². The van der Waals surface area contributed by atoms with Crippen LogP contribution in [0.2, 0.25) is 0 Å². The second-order valence-corrected chi connectivity index (χ2v) is 5.65. The lowest BCUT2D eigenvalue weighted by Gasteiger charge is -2.17. The number of rotatable bonds is 5. The van der Waals surface area contributed by atoms with Crippen LogP contribution >= 0.6 is 24.4 Å². The molecule has 1 atom stereocenters. The molecule has 0 amide bonds. The van der Waals surface area contributed by atoms with Crippen molar-refractivity contribution >= 4 is 24.4 Å². The highest BCUT2D eigenvalue weighted by molar-refractivity contribution is 7.99. The molecule has 0 saturated carbocycles. The molecule has 0 N–H and O–H groups in total. The maximum atomic E-state index is 4.40. The van der Waals surface area contributed by atoms with Crippen LogP contribution in [0.5, 0.6) is 0 Å². The molecule has 0 aromatic carbocycles. The molecule has 1 heterocycles. The van der Waals surface area contributed by atoms with Crippen molar-refractivity contribution in [2.24, 2.45) is 18.9 Å². The first-order valence-electron chi connectivity index (χ1n) is 5.29. The van der Waals surface area contributed by atoms with Crippen molar-refractivity contribution in [1.29, 1.82) is 0 Å². The number of thiol groups is 1. The molecule has 1 unspecified atom stereocenters. The number of hydrogen-bond donors (Lipinski definition) is 1. The fraction of sp³-hybridized carbons (Fsp3) is 0.727. The topological polar surface area (TPSA) is 17.8 Å². The van der Waals surface area contributed by atoms with E-state index in [-0.39, 0.29) is 0 Å². The Bertz CT molecular complexity index is 308. The Hall–Kier alpha value is -0.0900. The van der Waals surface area contributed by atoms with E-state index in [0.717, 1.165) is 17.2 Å². The van der Waals surface area contributed by atoms with Gasteiger partial charge in [0, 0.05) is 12.8 Å². The van der Waals surface area contributed by atoms with Crippen molar-refractivity contribution in [3.63, 3.8) is 0 Å². The second-order valence-electron chi connectivity index (χ2n) is 4.25. The molecular formula is C11H20N2S2. The normalized spacial score (nSPS) is 13.5. The second kappa shape index (κ2) is 5.85. The summed E-state index contributed by atoms with van der Waals surface area (Å²) in [5.41, 5.74) is 1.09.